The number of carbonyl (C=O) groups excluding carboxylic acids is 1. The summed E-state index contributed by atoms with van der Waals surface area (Å²) in [5.41, 5.74) is 2.45. The van der Waals surface area contributed by atoms with Crippen LogP contribution in [0.15, 0.2) is 64.8 Å². The SMILES string of the molecule is CCC(=CC(=O)c1ccc(Cl)cc1)Nc1ccc(Br)cc1. The molecule has 0 spiro atoms. The Balaban J connectivity index is 2.14. The van der Waals surface area contributed by atoms with Gasteiger partial charge in [-0.15, -0.1) is 0 Å². The van der Waals surface area contributed by atoms with Crippen molar-refractivity contribution in [2.45, 2.75) is 13.3 Å². The normalized spacial score (nSPS) is 11.3. The number of hydrogen-bond donors (Lipinski definition) is 1. The summed E-state index contributed by atoms with van der Waals surface area (Å²) in [5.74, 6) is -0.0341. The Morgan fingerprint density at radius 2 is 1.76 bits per heavy atom. The van der Waals surface area contributed by atoms with Crippen molar-refractivity contribution in [1.29, 1.82) is 0 Å². The number of nitrogens with one attached hydrogen (secondary N) is 1. The van der Waals surface area contributed by atoms with Crippen molar-refractivity contribution in [3.63, 3.8) is 0 Å². The standard InChI is InChI=1S/C17H15BrClNO/c1-2-15(20-16-9-5-13(18)6-10-16)11-17(21)12-3-7-14(19)8-4-12/h3-11,20H,2H2,1H3. The van der Waals surface area contributed by atoms with Crippen molar-refractivity contribution in [3.05, 3.63) is 75.4 Å². The highest BCUT2D eigenvalue weighted by molar-refractivity contribution is 9.10. The molecule has 0 fully saturated rings. The van der Waals surface area contributed by atoms with Gasteiger partial charge in [-0.05, 0) is 55.0 Å². The maximum atomic E-state index is 12.2. The first-order valence-electron chi connectivity index (χ1n) is 6.61. The van der Waals surface area contributed by atoms with Crippen LogP contribution in [0.2, 0.25) is 5.02 Å². The number of anilines is 1. The van der Waals surface area contributed by atoms with Crippen LogP contribution in [0.1, 0.15) is 23.7 Å². The molecule has 1 N–H and O–H groups in total. The molecule has 108 valence electrons. The van der Waals surface area contributed by atoms with E-state index in [2.05, 4.69) is 21.2 Å². The van der Waals surface area contributed by atoms with Crippen LogP contribution in [0.3, 0.4) is 0 Å². The zero-order chi connectivity index (χ0) is 15.2. The number of ketones is 1. The second kappa shape index (κ2) is 7.43. The van der Waals surface area contributed by atoms with Crippen LogP contribution in [0, 0.1) is 0 Å². The third-order valence-electron chi connectivity index (χ3n) is 2.96. The maximum absolute atomic E-state index is 12.2. The summed E-state index contributed by atoms with van der Waals surface area (Å²) in [6, 6.07) is 14.7. The summed E-state index contributed by atoms with van der Waals surface area (Å²) in [5, 5.41) is 3.89. The number of hydrogen-bond acceptors (Lipinski definition) is 2. The van der Waals surface area contributed by atoms with Gasteiger partial charge in [-0.25, -0.2) is 0 Å². The minimum atomic E-state index is -0.0341. The van der Waals surface area contributed by atoms with Gasteiger partial charge in [0.25, 0.3) is 0 Å². The molecular weight excluding hydrogens is 350 g/mol. The van der Waals surface area contributed by atoms with E-state index in [1.165, 1.54) is 0 Å². The smallest absolute Gasteiger partial charge is 0.187 e. The third-order valence-corrected chi connectivity index (χ3v) is 3.74. The van der Waals surface area contributed by atoms with Gasteiger partial charge in [-0.3, -0.25) is 4.79 Å². The molecular formula is C17H15BrClNO. The molecule has 0 aliphatic heterocycles. The number of carbonyl (C=O) groups is 1. The summed E-state index contributed by atoms with van der Waals surface area (Å²) in [6.07, 6.45) is 2.38. The molecule has 0 unspecified atom stereocenters. The fourth-order valence-corrected chi connectivity index (χ4v) is 2.19. The van der Waals surface area contributed by atoms with Crippen LogP contribution < -0.4 is 5.32 Å². The Morgan fingerprint density at radius 3 is 2.33 bits per heavy atom. The largest absolute Gasteiger partial charge is 0.359 e. The molecule has 0 aliphatic carbocycles. The Bertz CT molecular complexity index is 647. The average molecular weight is 365 g/mol. The molecule has 0 amide bonds. The molecule has 2 nitrogen and oxygen atoms in total. The molecule has 2 aromatic rings. The lowest BCUT2D eigenvalue weighted by Crippen LogP contribution is -2.03. The van der Waals surface area contributed by atoms with E-state index in [0.29, 0.717) is 10.6 Å². The fourth-order valence-electron chi connectivity index (χ4n) is 1.80. The van der Waals surface area contributed by atoms with Crippen LogP contribution in [0.4, 0.5) is 5.69 Å². The van der Waals surface area contributed by atoms with Crippen LogP contribution in [0.5, 0.6) is 0 Å². The second-order valence-electron chi connectivity index (χ2n) is 4.53. The highest BCUT2D eigenvalue weighted by Crippen LogP contribution is 2.17. The highest BCUT2D eigenvalue weighted by Gasteiger charge is 2.05. The van der Waals surface area contributed by atoms with E-state index >= 15 is 0 Å². The van der Waals surface area contributed by atoms with E-state index in [-0.39, 0.29) is 5.78 Å². The van der Waals surface area contributed by atoms with Crippen molar-refractivity contribution in [2.24, 2.45) is 0 Å². The van der Waals surface area contributed by atoms with Gasteiger partial charge in [0, 0.05) is 32.5 Å². The van der Waals surface area contributed by atoms with E-state index in [0.717, 1.165) is 22.3 Å². The molecule has 0 radical (unpaired) electrons. The Labute approximate surface area is 138 Å². The lowest BCUT2D eigenvalue weighted by molar-refractivity contribution is 0.104. The summed E-state index contributed by atoms with van der Waals surface area (Å²) >= 11 is 9.22. The van der Waals surface area contributed by atoms with E-state index < -0.39 is 0 Å². The predicted molar refractivity (Wildman–Crippen MR) is 91.9 cm³/mol. The molecule has 0 saturated heterocycles. The van der Waals surface area contributed by atoms with Crippen LogP contribution >= 0.6 is 27.5 Å². The summed E-state index contributed by atoms with van der Waals surface area (Å²) in [6.45, 7) is 2.01. The van der Waals surface area contributed by atoms with Gasteiger partial charge in [0.2, 0.25) is 0 Å². The quantitative estimate of drug-likeness (QED) is 0.545. The third kappa shape index (κ3) is 4.73. The van der Waals surface area contributed by atoms with Gasteiger partial charge in [0.15, 0.2) is 5.78 Å². The maximum Gasteiger partial charge on any atom is 0.187 e. The van der Waals surface area contributed by atoms with Gasteiger partial charge < -0.3 is 5.32 Å². The molecule has 0 aliphatic rings. The zero-order valence-electron chi connectivity index (χ0n) is 11.6. The van der Waals surface area contributed by atoms with Crippen LogP contribution in [-0.4, -0.2) is 5.78 Å². The number of rotatable bonds is 5. The fraction of sp³-hybridized carbons (Fsp3) is 0.118. The average Bonchev–Trinajstić information content (AvgIpc) is 2.49. The monoisotopic (exact) mass is 363 g/mol. The van der Waals surface area contributed by atoms with Crippen molar-refractivity contribution in [3.8, 4) is 0 Å². The Kier molecular flexibility index (Phi) is 5.59. The second-order valence-corrected chi connectivity index (χ2v) is 5.88. The zero-order valence-corrected chi connectivity index (χ0v) is 13.9. The highest BCUT2D eigenvalue weighted by atomic mass is 79.9. The van der Waals surface area contributed by atoms with Gasteiger partial charge in [-0.1, -0.05) is 34.5 Å². The van der Waals surface area contributed by atoms with Crippen molar-refractivity contribution < 1.29 is 4.79 Å². The van der Waals surface area contributed by atoms with Gasteiger partial charge >= 0.3 is 0 Å². The number of halogens is 2. The summed E-state index contributed by atoms with van der Waals surface area (Å²) in [7, 11) is 0. The lowest BCUT2D eigenvalue weighted by Gasteiger charge is -2.09. The van der Waals surface area contributed by atoms with Gasteiger partial charge in [-0.2, -0.15) is 0 Å². The number of benzene rings is 2. The molecule has 0 bridgehead atoms. The first-order chi connectivity index (χ1) is 10.1. The minimum absolute atomic E-state index is 0.0341. The lowest BCUT2D eigenvalue weighted by atomic mass is 10.1. The molecule has 2 aromatic carbocycles. The molecule has 0 atom stereocenters. The van der Waals surface area contributed by atoms with Crippen molar-refractivity contribution in [2.75, 3.05) is 5.32 Å². The molecule has 0 heterocycles. The Morgan fingerprint density at radius 1 is 1.14 bits per heavy atom. The van der Waals surface area contributed by atoms with Crippen molar-refractivity contribution in [1.82, 2.24) is 0 Å². The van der Waals surface area contributed by atoms with E-state index in [1.54, 1.807) is 30.3 Å². The van der Waals surface area contributed by atoms with Crippen LogP contribution in [-0.2, 0) is 0 Å². The predicted octanol–water partition coefficient (Wildman–Crippen LogP) is 5.69. The first kappa shape index (κ1) is 15.8. The van der Waals surface area contributed by atoms with Crippen molar-refractivity contribution >= 4 is 39.0 Å². The summed E-state index contributed by atoms with van der Waals surface area (Å²) in [4.78, 5) is 12.2. The minimum Gasteiger partial charge on any atom is -0.359 e. The first-order valence-corrected chi connectivity index (χ1v) is 7.78. The van der Waals surface area contributed by atoms with Gasteiger partial charge in [0.05, 0.1) is 0 Å². The molecule has 0 aromatic heterocycles. The van der Waals surface area contributed by atoms with E-state index in [1.807, 2.05) is 31.2 Å². The van der Waals surface area contributed by atoms with E-state index in [9.17, 15) is 4.79 Å². The topological polar surface area (TPSA) is 29.1 Å². The molecule has 21 heavy (non-hydrogen) atoms. The van der Waals surface area contributed by atoms with Crippen LogP contribution in [0.25, 0.3) is 0 Å². The summed E-state index contributed by atoms with van der Waals surface area (Å²) < 4.78 is 1.02. The van der Waals surface area contributed by atoms with Gasteiger partial charge in [0.1, 0.15) is 0 Å². The molecule has 2 rings (SSSR count). The Hall–Kier alpha value is -1.58. The number of allylic oxidation sites excluding steroid dienone is 2. The van der Waals surface area contributed by atoms with E-state index in [4.69, 9.17) is 11.6 Å². The molecule has 4 heteroatoms. The molecule has 0 saturated carbocycles.